The summed E-state index contributed by atoms with van der Waals surface area (Å²) in [7, 11) is -3.96. The summed E-state index contributed by atoms with van der Waals surface area (Å²) in [6, 6.07) is 3.62. The number of aliphatic carboxylic acids is 1. The van der Waals surface area contributed by atoms with Crippen molar-refractivity contribution in [2.24, 2.45) is 5.41 Å². The fourth-order valence-electron chi connectivity index (χ4n) is 2.42. The van der Waals surface area contributed by atoms with Crippen molar-refractivity contribution in [2.75, 3.05) is 13.1 Å². The lowest BCUT2D eigenvalue weighted by Gasteiger charge is -2.20. The first-order chi connectivity index (χ1) is 10.1. The first-order valence-corrected chi connectivity index (χ1v) is 8.00. The van der Waals surface area contributed by atoms with Gasteiger partial charge in [-0.1, -0.05) is 6.07 Å². The Morgan fingerprint density at radius 2 is 2.09 bits per heavy atom. The van der Waals surface area contributed by atoms with E-state index in [1.165, 1.54) is 19.1 Å². The van der Waals surface area contributed by atoms with Crippen LogP contribution in [0.3, 0.4) is 0 Å². The molecule has 1 aromatic carbocycles. The van der Waals surface area contributed by atoms with E-state index in [1.54, 1.807) is 6.92 Å². The van der Waals surface area contributed by atoms with Crippen LogP contribution < -0.4 is 0 Å². The molecule has 1 aromatic rings. The van der Waals surface area contributed by atoms with Crippen molar-refractivity contribution in [3.8, 4) is 0 Å². The van der Waals surface area contributed by atoms with Crippen molar-refractivity contribution in [3.63, 3.8) is 0 Å². The number of nitrogens with zero attached hydrogens (tertiary/aromatic N) is 2. The molecule has 9 heteroatoms. The van der Waals surface area contributed by atoms with E-state index >= 15 is 0 Å². The van der Waals surface area contributed by atoms with Crippen molar-refractivity contribution >= 4 is 21.7 Å². The number of nitro benzene ring substituents is 1. The van der Waals surface area contributed by atoms with E-state index in [0.29, 0.717) is 5.56 Å². The number of aryl methyl sites for hydroxylation is 1. The van der Waals surface area contributed by atoms with Gasteiger partial charge < -0.3 is 5.11 Å². The monoisotopic (exact) mass is 328 g/mol. The minimum atomic E-state index is -3.96. The van der Waals surface area contributed by atoms with E-state index < -0.39 is 26.3 Å². The van der Waals surface area contributed by atoms with Gasteiger partial charge in [0.1, 0.15) is 0 Å². The second kappa shape index (κ2) is 5.33. The van der Waals surface area contributed by atoms with Crippen LogP contribution in [0.4, 0.5) is 5.69 Å². The number of hydrogen-bond acceptors (Lipinski definition) is 5. The summed E-state index contributed by atoms with van der Waals surface area (Å²) in [6.07, 6.45) is 0.204. The molecule has 2 rings (SSSR count). The van der Waals surface area contributed by atoms with Gasteiger partial charge in [0.05, 0.1) is 15.2 Å². The summed E-state index contributed by atoms with van der Waals surface area (Å²) in [6.45, 7) is 2.97. The van der Waals surface area contributed by atoms with Gasteiger partial charge in [0.15, 0.2) is 0 Å². The number of non-ortho nitro benzene ring substituents is 1. The normalized spacial score (nSPS) is 22.6. The van der Waals surface area contributed by atoms with Gasteiger partial charge >= 0.3 is 5.97 Å². The van der Waals surface area contributed by atoms with E-state index in [1.807, 2.05) is 0 Å². The van der Waals surface area contributed by atoms with Crippen molar-refractivity contribution in [2.45, 2.75) is 25.2 Å². The van der Waals surface area contributed by atoms with Crippen LogP contribution in [-0.4, -0.2) is 41.8 Å². The summed E-state index contributed by atoms with van der Waals surface area (Å²) < 4.78 is 26.4. The summed E-state index contributed by atoms with van der Waals surface area (Å²) in [5, 5.41) is 20.0. The fraction of sp³-hybridized carbons (Fsp3) is 0.462. The highest BCUT2D eigenvalue weighted by Crippen LogP contribution is 2.35. The van der Waals surface area contributed by atoms with Crippen molar-refractivity contribution < 1.29 is 23.2 Å². The third kappa shape index (κ3) is 2.69. The number of nitro groups is 1. The van der Waals surface area contributed by atoms with Crippen LogP contribution in [0, 0.1) is 22.5 Å². The molecule has 0 bridgehead atoms. The molecule has 1 unspecified atom stereocenters. The number of benzene rings is 1. The van der Waals surface area contributed by atoms with Crippen molar-refractivity contribution in [3.05, 3.63) is 33.9 Å². The highest BCUT2D eigenvalue weighted by molar-refractivity contribution is 7.89. The van der Waals surface area contributed by atoms with Gasteiger partial charge in [0.25, 0.3) is 5.69 Å². The molecule has 8 nitrogen and oxygen atoms in total. The zero-order valence-electron chi connectivity index (χ0n) is 12.1. The lowest BCUT2D eigenvalue weighted by Crippen LogP contribution is -2.35. The van der Waals surface area contributed by atoms with Gasteiger partial charge in [-0.25, -0.2) is 8.42 Å². The van der Waals surface area contributed by atoms with E-state index in [9.17, 15) is 28.4 Å². The Morgan fingerprint density at radius 1 is 1.45 bits per heavy atom. The molecule has 1 heterocycles. The molecule has 0 radical (unpaired) electrons. The number of hydrogen-bond donors (Lipinski definition) is 1. The number of rotatable bonds is 4. The zero-order valence-corrected chi connectivity index (χ0v) is 13.0. The molecule has 0 aromatic heterocycles. The third-order valence-corrected chi connectivity index (χ3v) is 5.94. The molecule has 1 N–H and O–H groups in total. The number of carbonyl (C=O) groups is 1. The van der Waals surface area contributed by atoms with Crippen molar-refractivity contribution in [1.82, 2.24) is 4.31 Å². The van der Waals surface area contributed by atoms with Gasteiger partial charge in [-0.15, -0.1) is 0 Å². The van der Waals surface area contributed by atoms with Crippen LogP contribution in [0.15, 0.2) is 23.1 Å². The van der Waals surface area contributed by atoms with Crippen LogP contribution >= 0.6 is 0 Å². The number of carboxylic acid groups (broad SMARTS) is 1. The van der Waals surface area contributed by atoms with Gasteiger partial charge in [0.2, 0.25) is 10.0 Å². The van der Waals surface area contributed by atoms with Crippen LogP contribution in [0.1, 0.15) is 18.9 Å². The van der Waals surface area contributed by atoms with Crippen LogP contribution in [0.5, 0.6) is 0 Å². The minimum Gasteiger partial charge on any atom is -0.481 e. The van der Waals surface area contributed by atoms with Gasteiger partial charge in [-0.3, -0.25) is 14.9 Å². The van der Waals surface area contributed by atoms with Crippen LogP contribution in [-0.2, 0) is 14.8 Å². The second-order valence-electron chi connectivity index (χ2n) is 5.66. The van der Waals surface area contributed by atoms with Crippen LogP contribution in [0.25, 0.3) is 0 Å². The maximum Gasteiger partial charge on any atom is 0.310 e. The predicted molar refractivity (Wildman–Crippen MR) is 77.0 cm³/mol. The Hall–Kier alpha value is -2.00. The number of sulfonamides is 1. The van der Waals surface area contributed by atoms with Gasteiger partial charge in [0, 0.05) is 25.2 Å². The van der Waals surface area contributed by atoms with Gasteiger partial charge in [-0.2, -0.15) is 4.31 Å². The third-order valence-electron chi connectivity index (χ3n) is 3.95. The topological polar surface area (TPSA) is 118 Å². The van der Waals surface area contributed by atoms with Gasteiger partial charge in [-0.05, 0) is 25.8 Å². The smallest absolute Gasteiger partial charge is 0.310 e. The van der Waals surface area contributed by atoms with Crippen LogP contribution in [0.2, 0.25) is 0 Å². The Morgan fingerprint density at radius 3 is 2.59 bits per heavy atom. The van der Waals surface area contributed by atoms with E-state index in [0.717, 1.165) is 10.4 Å². The molecule has 1 fully saturated rings. The Bertz CT molecular complexity index is 745. The molecule has 1 aliphatic rings. The largest absolute Gasteiger partial charge is 0.481 e. The molecular weight excluding hydrogens is 312 g/mol. The van der Waals surface area contributed by atoms with Crippen molar-refractivity contribution in [1.29, 1.82) is 0 Å². The Balaban J connectivity index is 2.42. The summed E-state index contributed by atoms with van der Waals surface area (Å²) in [5.41, 5.74) is -1.07. The SMILES string of the molecule is Cc1ccc([N+](=O)[O-])cc1S(=O)(=O)N1CCC(C)(C(=O)O)C1. The fourth-order valence-corrected chi connectivity index (χ4v) is 4.23. The van der Waals surface area contributed by atoms with E-state index in [4.69, 9.17) is 0 Å². The Labute approximate surface area is 127 Å². The molecule has 1 saturated heterocycles. The summed E-state index contributed by atoms with van der Waals surface area (Å²) >= 11 is 0. The first kappa shape index (κ1) is 16.4. The molecule has 0 amide bonds. The second-order valence-corrected chi connectivity index (χ2v) is 7.57. The van der Waals surface area contributed by atoms with E-state index in [-0.39, 0.29) is 30.1 Å². The highest BCUT2D eigenvalue weighted by Gasteiger charge is 2.45. The molecule has 0 spiro atoms. The maximum absolute atomic E-state index is 12.7. The molecule has 0 aliphatic carbocycles. The zero-order chi connectivity index (χ0) is 16.7. The molecule has 120 valence electrons. The lowest BCUT2D eigenvalue weighted by atomic mass is 9.90. The predicted octanol–water partition coefficient (Wildman–Crippen LogP) is 1.39. The summed E-state index contributed by atoms with van der Waals surface area (Å²) in [4.78, 5) is 21.2. The molecule has 22 heavy (non-hydrogen) atoms. The lowest BCUT2D eigenvalue weighted by molar-refractivity contribution is -0.385. The first-order valence-electron chi connectivity index (χ1n) is 6.56. The molecular formula is C13H16N2O6S. The maximum atomic E-state index is 12.7. The standard InChI is InChI=1S/C13H16N2O6S/c1-9-3-4-10(15(18)19)7-11(9)22(20,21)14-6-5-13(2,8-14)12(16)17/h3-4,7H,5-6,8H2,1-2H3,(H,16,17). The highest BCUT2D eigenvalue weighted by atomic mass is 32.2. The number of carboxylic acids is 1. The van der Waals surface area contributed by atoms with E-state index in [2.05, 4.69) is 0 Å². The average molecular weight is 328 g/mol. The minimum absolute atomic E-state index is 0.0767. The molecule has 1 atom stereocenters. The Kier molecular flexibility index (Phi) is 3.96. The summed E-state index contributed by atoms with van der Waals surface area (Å²) in [5.74, 6) is -1.05. The average Bonchev–Trinajstić information content (AvgIpc) is 2.83. The molecule has 1 aliphatic heterocycles. The molecule has 0 saturated carbocycles. The quantitative estimate of drug-likeness (QED) is 0.659.